The zero-order chi connectivity index (χ0) is 33.1. The molecule has 0 unspecified atom stereocenters. The maximum absolute atomic E-state index is 14.3. The van der Waals surface area contributed by atoms with Crippen LogP contribution in [-0.2, 0) is 4.79 Å². The third kappa shape index (κ3) is 4.90. The van der Waals surface area contributed by atoms with Crippen molar-refractivity contribution in [2.45, 2.75) is 47.6 Å². The van der Waals surface area contributed by atoms with Crippen molar-refractivity contribution in [3.05, 3.63) is 34.4 Å². The first-order valence-electron chi connectivity index (χ1n) is 10.5. The molecule has 1 aliphatic heterocycles. The minimum atomic E-state index is -8.78. The Kier molecular flexibility index (Phi) is 8.44. The van der Waals surface area contributed by atoms with Gasteiger partial charge in [0, 0.05) is 44.0 Å². The summed E-state index contributed by atoms with van der Waals surface area (Å²) in [6, 6.07) is 4.10. The van der Waals surface area contributed by atoms with Crippen LogP contribution in [0.15, 0.2) is 24.3 Å². The smallest absolute Gasteiger partial charge is 0.368 e. The zero-order valence-corrected chi connectivity index (χ0v) is 19.6. The Morgan fingerprint density at radius 1 is 0.595 bits per heavy atom. The lowest BCUT2D eigenvalue weighted by atomic mass is 9.88. The molecular weight excluding hydrogens is 641 g/mol. The first-order valence-corrected chi connectivity index (χ1v) is 10.5. The summed E-state index contributed by atoms with van der Waals surface area (Å²) in [6.07, 6.45) is -7.86. The molecule has 1 saturated heterocycles. The highest BCUT2D eigenvalue weighted by atomic mass is 19.4. The average molecular weight is 653 g/mol. The molecule has 0 radical (unpaired) electrons. The summed E-state index contributed by atoms with van der Waals surface area (Å²) in [6.45, 7) is -3.44. The lowest BCUT2D eigenvalue weighted by Crippen LogP contribution is -2.75. The Hall–Kier alpha value is -3.30. The Bertz CT molecular complexity index is 1180. The van der Waals surface area contributed by atoms with Crippen molar-refractivity contribution >= 4 is 17.3 Å². The number of anilines is 1. The van der Waals surface area contributed by atoms with E-state index in [-0.39, 0.29) is 10.6 Å². The molecule has 1 fully saturated rings. The van der Waals surface area contributed by atoms with Crippen LogP contribution in [0.1, 0.15) is 0 Å². The molecule has 23 heteroatoms. The van der Waals surface area contributed by atoms with Crippen molar-refractivity contribution in [3.63, 3.8) is 0 Å². The van der Waals surface area contributed by atoms with Crippen molar-refractivity contribution in [2.75, 3.05) is 31.1 Å². The van der Waals surface area contributed by atoms with Crippen molar-refractivity contribution in [3.8, 4) is 0 Å². The number of halogens is 17. The Labute approximate surface area is 220 Å². The van der Waals surface area contributed by atoms with E-state index in [0.717, 1.165) is 29.2 Å². The summed E-state index contributed by atoms with van der Waals surface area (Å²) < 4.78 is 228. The number of hydrogen-bond acceptors (Lipinski definition) is 4. The zero-order valence-electron chi connectivity index (χ0n) is 19.6. The summed E-state index contributed by atoms with van der Waals surface area (Å²) >= 11 is 0. The molecule has 6 nitrogen and oxygen atoms in total. The van der Waals surface area contributed by atoms with E-state index in [2.05, 4.69) is 0 Å². The maximum Gasteiger partial charge on any atom is 0.460 e. The number of carbonyl (C=O) groups is 1. The van der Waals surface area contributed by atoms with Crippen molar-refractivity contribution in [1.82, 2.24) is 4.90 Å². The lowest BCUT2D eigenvalue weighted by molar-refractivity contribution is -0.459. The molecule has 1 aromatic rings. The molecule has 0 saturated carbocycles. The van der Waals surface area contributed by atoms with Gasteiger partial charge in [-0.1, -0.05) is 0 Å². The summed E-state index contributed by atoms with van der Waals surface area (Å²) in [5.41, 5.74) is -0.313. The Balaban J connectivity index is 2.36. The van der Waals surface area contributed by atoms with E-state index in [1.165, 1.54) is 0 Å². The fraction of sp³-hybridized carbons (Fsp3) is 0.632. The van der Waals surface area contributed by atoms with Crippen LogP contribution in [0, 0.1) is 10.1 Å². The van der Waals surface area contributed by atoms with E-state index in [0.29, 0.717) is 0 Å². The lowest BCUT2D eigenvalue weighted by Gasteiger charge is -2.43. The van der Waals surface area contributed by atoms with Gasteiger partial charge in [-0.15, -0.1) is 0 Å². The quantitative estimate of drug-likeness (QED) is 0.180. The highest BCUT2D eigenvalue weighted by Gasteiger charge is 2.95. The van der Waals surface area contributed by atoms with Gasteiger partial charge in [-0.25, -0.2) is 0 Å². The van der Waals surface area contributed by atoms with Crippen LogP contribution in [0.5, 0.6) is 0 Å². The fourth-order valence-corrected chi connectivity index (χ4v) is 3.45. The summed E-state index contributed by atoms with van der Waals surface area (Å²) in [5.74, 6) is -61.7. The van der Waals surface area contributed by atoms with E-state index in [9.17, 15) is 89.5 Å². The SMILES string of the molecule is O=C(N1CCN(c2ccc([N+](=O)[O-])cc2)CC1)C(F)(F)C(F)(F)C(F)(F)C(F)(F)C(F)(F)C(F)(F)C(F)(F)C(F)(F)F. The monoisotopic (exact) mass is 653 g/mol. The molecule has 1 aliphatic rings. The number of non-ortho nitro benzene ring substituents is 1. The fourth-order valence-electron chi connectivity index (χ4n) is 3.45. The summed E-state index contributed by atoms with van der Waals surface area (Å²) in [7, 11) is 0. The molecule has 42 heavy (non-hydrogen) atoms. The van der Waals surface area contributed by atoms with Gasteiger partial charge in [0.15, 0.2) is 0 Å². The second kappa shape index (κ2) is 10.2. The van der Waals surface area contributed by atoms with Crippen LogP contribution in [0.2, 0.25) is 0 Å². The van der Waals surface area contributed by atoms with Gasteiger partial charge in [0.05, 0.1) is 4.92 Å². The number of nitro groups is 1. The number of nitro benzene ring substituents is 1. The molecular formula is C19H12F17N3O3. The second-order valence-electron chi connectivity index (χ2n) is 8.57. The molecule has 2 rings (SSSR count). The number of alkyl halides is 17. The molecule has 240 valence electrons. The summed E-state index contributed by atoms with van der Waals surface area (Å²) in [5, 5.41) is 10.7. The predicted molar refractivity (Wildman–Crippen MR) is 103 cm³/mol. The maximum atomic E-state index is 14.3. The highest BCUT2D eigenvalue weighted by molar-refractivity contribution is 5.85. The molecule has 0 aliphatic carbocycles. The van der Waals surface area contributed by atoms with Gasteiger partial charge in [0.1, 0.15) is 0 Å². The van der Waals surface area contributed by atoms with Crippen molar-refractivity contribution in [2.24, 2.45) is 0 Å². The first kappa shape index (κ1) is 34.9. The minimum Gasteiger partial charge on any atom is -0.368 e. The number of benzene rings is 1. The third-order valence-corrected chi connectivity index (χ3v) is 5.98. The Morgan fingerprint density at radius 3 is 1.31 bits per heavy atom. The van der Waals surface area contributed by atoms with E-state index in [1.807, 2.05) is 0 Å². The summed E-state index contributed by atoms with van der Waals surface area (Å²) in [4.78, 5) is 22.6. The molecule has 0 bridgehead atoms. The van der Waals surface area contributed by atoms with E-state index in [4.69, 9.17) is 0 Å². The van der Waals surface area contributed by atoms with Gasteiger partial charge in [0.2, 0.25) is 0 Å². The number of carbonyl (C=O) groups excluding carboxylic acids is 1. The number of rotatable bonds is 9. The van der Waals surface area contributed by atoms with E-state index in [1.54, 1.807) is 0 Å². The van der Waals surface area contributed by atoms with Crippen LogP contribution in [0.4, 0.5) is 86.0 Å². The standard InChI is InChI=1S/C19H12F17N3O3/c20-12(21,11(40)38-7-5-37(6-8-38)9-1-3-10(4-2-9)39(41)42)13(22,23)14(24,25)15(26,27)16(28,29)17(30,31)18(32,33)19(34,35)36/h1-4H,5-8H2. The predicted octanol–water partition coefficient (Wildman–Crippen LogP) is 6.25. The number of amides is 1. The number of piperazine rings is 1. The minimum absolute atomic E-state index is 0.106. The molecule has 0 spiro atoms. The van der Waals surface area contributed by atoms with Gasteiger partial charge in [0.25, 0.3) is 11.6 Å². The first-order chi connectivity index (χ1) is 18.5. The van der Waals surface area contributed by atoms with Gasteiger partial charge >= 0.3 is 47.6 Å². The van der Waals surface area contributed by atoms with Gasteiger partial charge < -0.3 is 9.80 Å². The molecule has 0 N–H and O–H groups in total. The number of hydrogen-bond donors (Lipinski definition) is 0. The topological polar surface area (TPSA) is 66.7 Å². The molecule has 0 aromatic heterocycles. The normalized spacial score (nSPS) is 17.0. The van der Waals surface area contributed by atoms with Crippen LogP contribution in [0.3, 0.4) is 0 Å². The highest BCUT2D eigenvalue weighted by Crippen LogP contribution is 2.64. The van der Waals surface area contributed by atoms with Gasteiger partial charge in [-0.3, -0.25) is 14.9 Å². The number of nitrogens with zero attached hydrogens (tertiary/aromatic N) is 3. The third-order valence-electron chi connectivity index (χ3n) is 5.98. The van der Waals surface area contributed by atoms with Gasteiger partial charge in [-0.2, -0.15) is 74.6 Å². The van der Waals surface area contributed by atoms with E-state index < -0.39 is 90.3 Å². The van der Waals surface area contributed by atoms with Crippen LogP contribution >= 0.6 is 0 Å². The van der Waals surface area contributed by atoms with Gasteiger partial charge in [-0.05, 0) is 12.1 Å². The van der Waals surface area contributed by atoms with Crippen LogP contribution in [0.25, 0.3) is 0 Å². The molecule has 0 atom stereocenters. The van der Waals surface area contributed by atoms with Crippen molar-refractivity contribution < 1.29 is 84.4 Å². The van der Waals surface area contributed by atoms with Crippen molar-refractivity contribution in [1.29, 1.82) is 0 Å². The van der Waals surface area contributed by atoms with Crippen LogP contribution < -0.4 is 4.90 Å². The average Bonchev–Trinajstić information content (AvgIpc) is 2.87. The molecule has 1 amide bonds. The largest absolute Gasteiger partial charge is 0.460 e. The molecule has 1 aromatic carbocycles. The van der Waals surface area contributed by atoms with Crippen LogP contribution in [-0.4, -0.2) is 89.5 Å². The molecule has 1 heterocycles. The van der Waals surface area contributed by atoms with E-state index >= 15 is 0 Å². The second-order valence-corrected chi connectivity index (χ2v) is 8.57. The Morgan fingerprint density at radius 2 is 0.952 bits per heavy atom.